The lowest BCUT2D eigenvalue weighted by Crippen LogP contribution is -2.05. The fourth-order valence-electron chi connectivity index (χ4n) is 3.75. The van der Waals surface area contributed by atoms with Crippen LogP contribution in [0, 0.1) is 0 Å². The molecule has 0 unspecified atom stereocenters. The van der Waals surface area contributed by atoms with Crippen molar-refractivity contribution in [3.05, 3.63) is 54.4 Å². The summed E-state index contributed by atoms with van der Waals surface area (Å²) in [4.78, 5) is 4.99. The van der Waals surface area contributed by atoms with Crippen molar-refractivity contribution in [3.8, 4) is 34.0 Å². The maximum atomic E-state index is 5.80. The summed E-state index contributed by atoms with van der Waals surface area (Å²) in [5, 5.41) is 0. The lowest BCUT2D eigenvalue weighted by atomic mass is 10.0. The number of halogens is 1. The molecule has 0 saturated heterocycles. The molecule has 1 aromatic heterocycles. The van der Waals surface area contributed by atoms with Crippen LogP contribution in [0.25, 0.3) is 22.5 Å². The van der Waals surface area contributed by atoms with Crippen LogP contribution in [0.15, 0.2) is 48.5 Å². The van der Waals surface area contributed by atoms with Crippen LogP contribution < -0.4 is 9.47 Å². The molecule has 0 amide bonds. The fraction of sp³-hybridized carbons (Fsp3) is 0.375. The van der Waals surface area contributed by atoms with Crippen LogP contribution in [0.5, 0.6) is 11.5 Å². The van der Waals surface area contributed by atoms with E-state index in [9.17, 15) is 0 Å². The third-order valence-corrected chi connectivity index (χ3v) is 4.83. The molecule has 154 valence electrons. The van der Waals surface area contributed by atoms with Crippen LogP contribution in [-0.2, 0) is 13.0 Å². The smallest absolute Gasteiger partial charge is 0.119 e. The summed E-state index contributed by atoms with van der Waals surface area (Å²) in [6.07, 6.45) is 2.54. The SMILES string of the molecule is CC(C)Oc1ccc(-c2nc3n(c2-c2ccc(OC(C)C)cc2)CCC3)cc1.Cl. The molecule has 2 aromatic carbocycles. The van der Waals surface area contributed by atoms with E-state index in [0.29, 0.717) is 0 Å². The Kier molecular flexibility index (Phi) is 6.53. The lowest BCUT2D eigenvalue weighted by Gasteiger charge is -2.13. The van der Waals surface area contributed by atoms with Gasteiger partial charge in [-0.3, -0.25) is 0 Å². The number of aryl methyl sites for hydroxylation is 1. The number of hydrogen-bond donors (Lipinski definition) is 0. The maximum absolute atomic E-state index is 5.80. The molecule has 0 spiro atoms. The summed E-state index contributed by atoms with van der Waals surface area (Å²) < 4.78 is 14.0. The number of hydrogen-bond acceptors (Lipinski definition) is 3. The van der Waals surface area contributed by atoms with Gasteiger partial charge in [-0.15, -0.1) is 12.4 Å². The number of rotatable bonds is 6. The highest BCUT2D eigenvalue weighted by atomic mass is 35.5. The van der Waals surface area contributed by atoms with Gasteiger partial charge in [-0.25, -0.2) is 4.98 Å². The first-order chi connectivity index (χ1) is 13.5. The summed E-state index contributed by atoms with van der Waals surface area (Å²) in [6.45, 7) is 9.19. The van der Waals surface area contributed by atoms with Crippen LogP contribution in [0.4, 0.5) is 0 Å². The predicted molar refractivity (Wildman–Crippen MR) is 120 cm³/mol. The van der Waals surface area contributed by atoms with Crippen molar-refractivity contribution in [1.29, 1.82) is 0 Å². The van der Waals surface area contributed by atoms with E-state index in [1.165, 1.54) is 17.1 Å². The van der Waals surface area contributed by atoms with E-state index in [2.05, 4.69) is 28.8 Å². The zero-order valence-electron chi connectivity index (χ0n) is 17.5. The Morgan fingerprint density at radius 2 is 1.31 bits per heavy atom. The predicted octanol–water partition coefficient (Wildman–Crippen LogP) is 6.16. The van der Waals surface area contributed by atoms with Crippen molar-refractivity contribution in [2.45, 2.75) is 59.3 Å². The maximum Gasteiger partial charge on any atom is 0.119 e. The van der Waals surface area contributed by atoms with Gasteiger partial charge in [-0.2, -0.15) is 0 Å². The highest BCUT2D eigenvalue weighted by molar-refractivity contribution is 5.85. The monoisotopic (exact) mass is 412 g/mol. The van der Waals surface area contributed by atoms with E-state index in [1.807, 2.05) is 52.0 Å². The van der Waals surface area contributed by atoms with Crippen molar-refractivity contribution >= 4 is 12.4 Å². The molecule has 0 radical (unpaired) electrons. The first-order valence-corrected chi connectivity index (χ1v) is 10.1. The third kappa shape index (κ3) is 4.59. The van der Waals surface area contributed by atoms with Gasteiger partial charge in [0.1, 0.15) is 17.3 Å². The molecule has 2 heterocycles. The Balaban J connectivity index is 0.00000240. The van der Waals surface area contributed by atoms with Gasteiger partial charge in [0.2, 0.25) is 0 Å². The Labute approximate surface area is 179 Å². The second-order valence-electron chi connectivity index (χ2n) is 7.86. The molecule has 0 atom stereocenters. The molecule has 4 rings (SSSR count). The molecular formula is C24H29ClN2O2. The Morgan fingerprint density at radius 3 is 1.83 bits per heavy atom. The number of benzene rings is 2. The van der Waals surface area contributed by atoms with Gasteiger partial charge in [0.15, 0.2) is 0 Å². The number of imidazole rings is 1. The van der Waals surface area contributed by atoms with Gasteiger partial charge in [0.05, 0.1) is 23.6 Å². The largest absolute Gasteiger partial charge is 0.491 e. The van der Waals surface area contributed by atoms with E-state index >= 15 is 0 Å². The molecule has 0 saturated carbocycles. The summed E-state index contributed by atoms with van der Waals surface area (Å²) >= 11 is 0. The Bertz CT molecular complexity index is 944. The highest BCUT2D eigenvalue weighted by Crippen LogP contribution is 2.36. The third-order valence-electron chi connectivity index (χ3n) is 4.83. The zero-order chi connectivity index (χ0) is 19.7. The minimum absolute atomic E-state index is 0. The highest BCUT2D eigenvalue weighted by Gasteiger charge is 2.23. The molecule has 1 aliphatic rings. The standard InChI is InChI=1S/C24H28N2O2.ClH/c1-16(2)27-20-11-7-18(8-12-20)23-24(26-15-5-6-22(26)25-23)19-9-13-21(14-10-19)28-17(3)4;/h7-14,16-17H,5-6,15H2,1-4H3;1H. The first kappa shape index (κ1) is 21.3. The van der Waals surface area contributed by atoms with Gasteiger partial charge in [-0.1, -0.05) is 0 Å². The van der Waals surface area contributed by atoms with Crippen LogP contribution in [0.3, 0.4) is 0 Å². The van der Waals surface area contributed by atoms with Gasteiger partial charge < -0.3 is 14.0 Å². The Morgan fingerprint density at radius 1 is 0.793 bits per heavy atom. The topological polar surface area (TPSA) is 36.3 Å². The minimum atomic E-state index is 0. The van der Waals surface area contributed by atoms with Crippen LogP contribution in [0.1, 0.15) is 39.9 Å². The first-order valence-electron chi connectivity index (χ1n) is 10.1. The average molecular weight is 413 g/mol. The van der Waals surface area contributed by atoms with Crippen molar-refractivity contribution < 1.29 is 9.47 Å². The normalized spacial score (nSPS) is 12.8. The van der Waals surface area contributed by atoms with Crippen molar-refractivity contribution in [2.75, 3.05) is 0 Å². The lowest BCUT2D eigenvalue weighted by molar-refractivity contribution is 0.242. The molecule has 0 fully saturated rings. The molecule has 3 aromatic rings. The van der Waals surface area contributed by atoms with Crippen LogP contribution in [-0.4, -0.2) is 21.8 Å². The van der Waals surface area contributed by atoms with E-state index in [-0.39, 0.29) is 24.6 Å². The van der Waals surface area contributed by atoms with Gasteiger partial charge >= 0.3 is 0 Å². The summed E-state index contributed by atoms with van der Waals surface area (Å²) in [7, 11) is 0. The quantitative estimate of drug-likeness (QED) is 0.486. The number of nitrogens with zero attached hydrogens (tertiary/aromatic N) is 2. The summed E-state index contributed by atoms with van der Waals surface area (Å²) in [5.74, 6) is 2.97. The van der Waals surface area contributed by atoms with E-state index in [0.717, 1.165) is 42.1 Å². The van der Waals surface area contributed by atoms with Gasteiger partial charge in [0.25, 0.3) is 0 Å². The second kappa shape index (κ2) is 8.91. The number of ether oxygens (including phenoxy) is 2. The van der Waals surface area contributed by atoms with Gasteiger partial charge in [-0.05, 0) is 82.6 Å². The molecule has 0 bridgehead atoms. The molecule has 4 nitrogen and oxygen atoms in total. The van der Waals surface area contributed by atoms with Crippen molar-refractivity contribution in [2.24, 2.45) is 0 Å². The van der Waals surface area contributed by atoms with Crippen molar-refractivity contribution in [3.63, 3.8) is 0 Å². The summed E-state index contributed by atoms with van der Waals surface area (Å²) in [5.41, 5.74) is 4.54. The molecule has 0 aliphatic carbocycles. The van der Waals surface area contributed by atoms with E-state index < -0.39 is 0 Å². The molecule has 5 heteroatoms. The van der Waals surface area contributed by atoms with Crippen LogP contribution in [0.2, 0.25) is 0 Å². The summed E-state index contributed by atoms with van der Waals surface area (Å²) in [6, 6.07) is 16.7. The molecule has 29 heavy (non-hydrogen) atoms. The second-order valence-corrected chi connectivity index (χ2v) is 7.86. The van der Waals surface area contributed by atoms with E-state index in [1.54, 1.807) is 0 Å². The molecule has 1 aliphatic heterocycles. The van der Waals surface area contributed by atoms with Crippen molar-refractivity contribution in [1.82, 2.24) is 9.55 Å². The van der Waals surface area contributed by atoms with Gasteiger partial charge in [0, 0.05) is 24.1 Å². The molecule has 0 N–H and O–H groups in total. The zero-order valence-corrected chi connectivity index (χ0v) is 18.3. The average Bonchev–Trinajstić information content (AvgIpc) is 3.23. The Hall–Kier alpha value is -2.46. The van der Waals surface area contributed by atoms with Crippen LogP contribution >= 0.6 is 12.4 Å². The number of fused-ring (bicyclic) bond motifs is 1. The number of aromatic nitrogens is 2. The molecular weight excluding hydrogens is 384 g/mol. The van der Waals surface area contributed by atoms with E-state index in [4.69, 9.17) is 14.5 Å². The minimum Gasteiger partial charge on any atom is -0.491 e. The fourth-order valence-corrected chi connectivity index (χ4v) is 3.75.